The van der Waals surface area contributed by atoms with Gasteiger partial charge in [-0.25, -0.2) is 17.5 Å². The highest BCUT2D eigenvalue weighted by Gasteiger charge is 2.27. The molecule has 1 aromatic carbocycles. The zero-order chi connectivity index (χ0) is 19.6. The first-order valence-electron chi connectivity index (χ1n) is 8.76. The number of hydrogen-bond acceptors (Lipinski definition) is 4. The van der Waals surface area contributed by atoms with Crippen LogP contribution in [0, 0.1) is 5.82 Å². The Hall–Kier alpha value is -1.45. The number of benzene rings is 1. The predicted molar refractivity (Wildman–Crippen MR) is 104 cm³/mol. The fourth-order valence-electron chi connectivity index (χ4n) is 3.29. The molecule has 6 nitrogen and oxygen atoms in total. The number of likely N-dealkylation sites (N-methyl/N-ethyl adjacent to an activating group) is 1. The van der Waals surface area contributed by atoms with Gasteiger partial charge in [0, 0.05) is 51.7 Å². The Morgan fingerprint density at radius 3 is 2.48 bits per heavy atom. The third-order valence-electron chi connectivity index (χ3n) is 4.97. The van der Waals surface area contributed by atoms with Gasteiger partial charge in [-0.1, -0.05) is 11.6 Å². The SMILES string of the molecule is CN1CCN(C(CNS(=O)(=O)c2ccc(F)c(Cl)c2)c2cccn2C)CC1. The normalized spacial score (nSPS) is 17.9. The Morgan fingerprint density at radius 1 is 1.19 bits per heavy atom. The average molecular weight is 415 g/mol. The first kappa shape index (κ1) is 20.3. The number of aromatic nitrogens is 1. The number of aryl methyl sites for hydroxylation is 1. The maximum absolute atomic E-state index is 13.3. The number of halogens is 2. The van der Waals surface area contributed by atoms with Crippen LogP contribution >= 0.6 is 11.6 Å². The van der Waals surface area contributed by atoms with E-state index in [1.54, 1.807) is 0 Å². The van der Waals surface area contributed by atoms with Crippen LogP contribution in [0.3, 0.4) is 0 Å². The molecule has 148 valence electrons. The summed E-state index contributed by atoms with van der Waals surface area (Å²) in [4.78, 5) is 4.50. The standard InChI is InChI=1S/C18H24ClFN4O2S/c1-22-8-10-24(11-9-22)18(17-4-3-7-23(17)2)13-21-27(25,26)14-5-6-16(20)15(19)12-14/h3-7,12,18,21H,8-11,13H2,1-2H3. The molecular weight excluding hydrogens is 391 g/mol. The van der Waals surface area contributed by atoms with E-state index in [-0.39, 0.29) is 22.5 Å². The highest BCUT2D eigenvalue weighted by atomic mass is 35.5. The molecule has 1 aromatic heterocycles. The van der Waals surface area contributed by atoms with Gasteiger partial charge in [-0.2, -0.15) is 0 Å². The van der Waals surface area contributed by atoms with E-state index in [2.05, 4.69) is 21.6 Å². The van der Waals surface area contributed by atoms with Crippen LogP contribution in [0.4, 0.5) is 4.39 Å². The van der Waals surface area contributed by atoms with Crippen LogP contribution in [-0.2, 0) is 17.1 Å². The summed E-state index contributed by atoms with van der Waals surface area (Å²) in [6.07, 6.45) is 1.95. The molecule has 1 atom stereocenters. The molecule has 1 aliphatic heterocycles. The Bertz CT molecular complexity index is 895. The van der Waals surface area contributed by atoms with Gasteiger partial charge in [0.25, 0.3) is 0 Å². The van der Waals surface area contributed by atoms with E-state index in [1.165, 1.54) is 6.07 Å². The Balaban J connectivity index is 1.79. The number of nitrogens with zero attached hydrogens (tertiary/aromatic N) is 3. The lowest BCUT2D eigenvalue weighted by atomic mass is 10.1. The quantitative estimate of drug-likeness (QED) is 0.786. The third kappa shape index (κ3) is 4.70. The van der Waals surface area contributed by atoms with E-state index in [1.807, 2.05) is 29.9 Å². The molecule has 0 amide bonds. The van der Waals surface area contributed by atoms with Gasteiger partial charge < -0.3 is 9.47 Å². The first-order valence-corrected chi connectivity index (χ1v) is 10.6. The lowest BCUT2D eigenvalue weighted by Gasteiger charge is -2.38. The zero-order valence-electron chi connectivity index (χ0n) is 15.4. The molecule has 2 aromatic rings. The molecule has 1 unspecified atom stereocenters. The second-order valence-corrected chi connectivity index (χ2v) is 9.00. The van der Waals surface area contributed by atoms with Gasteiger partial charge in [-0.3, -0.25) is 4.90 Å². The van der Waals surface area contributed by atoms with Gasteiger partial charge >= 0.3 is 0 Å². The molecule has 1 N–H and O–H groups in total. The van der Waals surface area contributed by atoms with Crippen LogP contribution in [-0.4, -0.2) is 62.6 Å². The first-order chi connectivity index (χ1) is 12.8. The summed E-state index contributed by atoms with van der Waals surface area (Å²) in [5.74, 6) is -0.644. The molecule has 3 rings (SSSR count). The van der Waals surface area contributed by atoms with Crippen molar-refractivity contribution < 1.29 is 12.8 Å². The molecule has 2 heterocycles. The highest BCUT2D eigenvalue weighted by Crippen LogP contribution is 2.23. The van der Waals surface area contributed by atoms with Crippen LogP contribution in [0.1, 0.15) is 11.7 Å². The van der Waals surface area contributed by atoms with Crippen molar-refractivity contribution in [3.8, 4) is 0 Å². The van der Waals surface area contributed by atoms with E-state index in [9.17, 15) is 12.8 Å². The molecular formula is C18H24ClFN4O2S. The third-order valence-corrected chi connectivity index (χ3v) is 6.68. The fraction of sp³-hybridized carbons (Fsp3) is 0.444. The lowest BCUT2D eigenvalue weighted by Crippen LogP contribution is -2.48. The maximum atomic E-state index is 13.3. The van der Waals surface area contributed by atoms with E-state index in [0.29, 0.717) is 0 Å². The van der Waals surface area contributed by atoms with Gasteiger partial charge in [0.05, 0.1) is 16.0 Å². The Morgan fingerprint density at radius 2 is 1.89 bits per heavy atom. The fourth-order valence-corrected chi connectivity index (χ4v) is 4.60. The number of nitrogens with one attached hydrogen (secondary N) is 1. The average Bonchev–Trinajstić information content (AvgIpc) is 3.05. The summed E-state index contributed by atoms with van der Waals surface area (Å²) in [6.45, 7) is 3.80. The van der Waals surface area contributed by atoms with Crippen molar-refractivity contribution in [3.63, 3.8) is 0 Å². The minimum absolute atomic E-state index is 0.0436. The van der Waals surface area contributed by atoms with E-state index < -0.39 is 15.8 Å². The van der Waals surface area contributed by atoms with Gasteiger partial charge in [-0.05, 0) is 37.4 Å². The topological polar surface area (TPSA) is 57.6 Å². The van der Waals surface area contributed by atoms with Crippen molar-refractivity contribution in [3.05, 3.63) is 53.1 Å². The van der Waals surface area contributed by atoms with Crippen molar-refractivity contribution >= 4 is 21.6 Å². The predicted octanol–water partition coefficient (Wildman–Crippen LogP) is 2.08. The summed E-state index contributed by atoms with van der Waals surface area (Å²) in [5, 5.41) is -0.212. The molecule has 1 aliphatic rings. The number of hydrogen-bond donors (Lipinski definition) is 1. The van der Waals surface area contributed by atoms with Crippen LogP contribution in [0.15, 0.2) is 41.4 Å². The number of rotatable bonds is 6. The van der Waals surface area contributed by atoms with E-state index in [4.69, 9.17) is 11.6 Å². The summed E-state index contributed by atoms with van der Waals surface area (Å²) in [6, 6.07) is 7.28. The van der Waals surface area contributed by atoms with Gasteiger partial charge in [0.2, 0.25) is 10.0 Å². The van der Waals surface area contributed by atoms with Crippen molar-refractivity contribution in [2.75, 3.05) is 39.8 Å². The smallest absolute Gasteiger partial charge is 0.240 e. The summed E-state index contributed by atoms with van der Waals surface area (Å²) < 4.78 is 43.3. The summed E-state index contributed by atoms with van der Waals surface area (Å²) >= 11 is 5.74. The van der Waals surface area contributed by atoms with Crippen molar-refractivity contribution in [2.45, 2.75) is 10.9 Å². The highest BCUT2D eigenvalue weighted by molar-refractivity contribution is 7.89. The molecule has 0 bridgehead atoms. The van der Waals surface area contributed by atoms with Gasteiger partial charge in [-0.15, -0.1) is 0 Å². The maximum Gasteiger partial charge on any atom is 0.240 e. The second-order valence-electron chi connectivity index (χ2n) is 6.83. The lowest BCUT2D eigenvalue weighted by molar-refractivity contribution is 0.109. The van der Waals surface area contributed by atoms with Crippen LogP contribution in [0.5, 0.6) is 0 Å². The number of piperazine rings is 1. The van der Waals surface area contributed by atoms with Crippen molar-refractivity contribution in [1.29, 1.82) is 0 Å². The molecule has 0 aliphatic carbocycles. The van der Waals surface area contributed by atoms with Crippen LogP contribution in [0.25, 0.3) is 0 Å². The van der Waals surface area contributed by atoms with Crippen LogP contribution in [0.2, 0.25) is 5.02 Å². The Kier molecular flexibility index (Phi) is 6.22. The molecule has 27 heavy (non-hydrogen) atoms. The largest absolute Gasteiger partial charge is 0.353 e. The molecule has 0 saturated carbocycles. The minimum atomic E-state index is -3.80. The van der Waals surface area contributed by atoms with Crippen molar-refractivity contribution in [1.82, 2.24) is 19.1 Å². The number of sulfonamides is 1. The monoisotopic (exact) mass is 414 g/mol. The zero-order valence-corrected chi connectivity index (χ0v) is 17.0. The molecule has 0 spiro atoms. The minimum Gasteiger partial charge on any atom is -0.353 e. The van der Waals surface area contributed by atoms with E-state index >= 15 is 0 Å². The molecule has 1 fully saturated rings. The second kappa shape index (κ2) is 8.28. The van der Waals surface area contributed by atoms with Crippen LogP contribution < -0.4 is 4.72 Å². The summed E-state index contributed by atoms with van der Waals surface area (Å²) in [5.41, 5.74) is 1.04. The molecule has 0 radical (unpaired) electrons. The molecule has 1 saturated heterocycles. The van der Waals surface area contributed by atoms with Gasteiger partial charge in [0.1, 0.15) is 5.82 Å². The molecule has 9 heteroatoms. The van der Waals surface area contributed by atoms with E-state index in [0.717, 1.165) is 44.0 Å². The van der Waals surface area contributed by atoms with Crippen molar-refractivity contribution in [2.24, 2.45) is 7.05 Å². The Labute approximate surface area is 164 Å². The van der Waals surface area contributed by atoms with Gasteiger partial charge in [0.15, 0.2) is 0 Å². The summed E-state index contributed by atoms with van der Waals surface area (Å²) in [7, 11) is 0.235.